The van der Waals surface area contributed by atoms with E-state index in [0.717, 1.165) is 5.56 Å². The Morgan fingerprint density at radius 3 is 2.80 bits per heavy atom. The zero-order chi connectivity index (χ0) is 14.4. The molecule has 0 radical (unpaired) electrons. The number of thioether (sulfide) groups is 1. The quantitative estimate of drug-likeness (QED) is 0.783. The SMILES string of the molecule is O=C(NCC1CCCS1)NCC(O)c1ccc(Cl)cc1. The molecule has 0 aromatic heterocycles. The Hall–Kier alpha value is -0.910. The van der Waals surface area contributed by atoms with E-state index in [-0.39, 0.29) is 12.6 Å². The Morgan fingerprint density at radius 1 is 1.40 bits per heavy atom. The van der Waals surface area contributed by atoms with E-state index in [1.54, 1.807) is 24.3 Å². The number of hydrogen-bond donors (Lipinski definition) is 3. The maximum Gasteiger partial charge on any atom is 0.314 e. The zero-order valence-corrected chi connectivity index (χ0v) is 12.7. The van der Waals surface area contributed by atoms with Crippen molar-refractivity contribution in [1.29, 1.82) is 0 Å². The number of amides is 2. The van der Waals surface area contributed by atoms with Gasteiger partial charge in [-0.05, 0) is 36.3 Å². The van der Waals surface area contributed by atoms with E-state index in [0.29, 0.717) is 16.8 Å². The summed E-state index contributed by atoms with van der Waals surface area (Å²) in [5.41, 5.74) is 0.737. The Labute approximate surface area is 128 Å². The Kier molecular flexibility index (Phi) is 6.01. The number of rotatable bonds is 5. The monoisotopic (exact) mass is 314 g/mol. The molecule has 1 aromatic carbocycles. The molecule has 0 spiro atoms. The summed E-state index contributed by atoms with van der Waals surface area (Å²) in [6.45, 7) is 0.874. The van der Waals surface area contributed by atoms with Gasteiger partial charge in [-0.2, -0.15) is 11.8 Å². The third-order valence-electron chi connectivity index (χ3n) is 3.23. The van der Waals surface area contributed by atoms with Crippen LogP contribution in [0.3, 0.4) is 0 Å². The predicted molar refractivity (Wildman–Crippen MR) is 83.3 cm³/mol. The van der Waals surface area contributed by atoms with E-state index in [1.807, 2.05) is 11.8 Å². The van der Waals surface area contributed by atoms with Crippen LogP contribution in [0.15, 0.2) is 24.3 Å². The lowest BCUT2D eigenvalue weighted by Gasteiger charge is -2.14. The van der Waals surface area contributed by atoms with Crippen molar-refractivity contribution < 1.29 is 9.90 Å². The first-order valence-electron chi connectivity index (χ1n) is 6.72. The van der Waals surface area contributed by atoms with E-state index in [1.165, 1.54) is 18.6 Å². The van der Waals surface area contributed by atoms with Gasteiger partial charge < -0.3 is 15.7 Å². The molecule has 0 bridgehead atoms. The van der Waals surface area contributed by atoms with Crippen LogP contribution in [-0.4, -0.2) is 35.2 Å². The lowest BCUT2D eigenvalue weighted by molar-refractivity contribution is 0.173. The minimum atomic E-state index is -0.723. The smallest absolute Gasteiger partial charge is 0.314 e. The largest absolute Gasteiger partial charge is 0.387 e. The summed E-state index contributed by atoms with van der Waals surface area (Å²) in [4.78, 5) is 11.6. The molecule has 3 N–H and O–H groups in total. The summed E-state index contributed by atoms with van der Waals surface area (Å²) in [6, 6.07) is 6.71. The molecule has 1 saturated heterocycles. The van der Waals surface area contributed by atoms with Crippen molar-refractivity contribution >= 4 is 29.4 Å². The minimum absolute atomic E-state index is 0.186. The summed E-state index contributed by atoms with van der Waals surface area (Å²) in [5.74, 6) is 1.18. The highest BCUT2D eigenvalue weighted by Gasteiger charge is 2.16. The van der Waals surface area contributed by atoms with Crippen LogP contribution in [0.2, 0.25) is 5.02 Å². The summed E-state index contributed by atoms with van der Waals surface area (Å²) >= 11 is 7.69. The molecule has 6 heteroatoms. The molecule has 4 nitrogen and oxygen atoms in total. The number of aliphatic hydroxyl groups is 1. The molecule has 1 aliphatic rings. The van der Waals surface area contributed by atoms with Crippen LogP contribution in [0.5, 0.6) is 0 Å². The van der Waals surface area contributed by atoms with Crippen molar-refractivity contribution in [3.63, 3.8) is 0 Å². The number of nitrogens with one attached hydrogen (secondary N) is 2. The van der Waals surface area contributed by atoms with Crippen LogP contribution in [0.25, 0.3) is 0 Å². The van der Waals surface area contributed by atoms with Crippen molar-refractivity contribution in [2.45, 2.75) is 24.2 Å². The fraction of sp³-hybridized carbons (Fsp3) is 0.500. The Bertz CT molecular complexity index is 435. The molecule has 2 rings (SSSR count). The summed E-state index contributed by atoms with van der Waals surface area (Å²) in [5, 5.41) is 16.6. The first kappa shape index (κ1) is 15.5. The second-order valence-electron chi connectivity index (χ2n) is 4.79. The third-order valence-corrected chi connectivity index (χ3v) is 4.88. The Balaban J connectivity index is 1.68. The van der Waals surface area contributed by atoms with E-state index in [9.17, 15) is 9.90 Å². The second kappa shape index (κ2) is 7.76. The minimum Gasteiger partial charge on any atom is -0.387 e. The van der Waals surface area contributed by atoms with Crippen molar-refractivity contribution in [3.8, 4) is 0 Å². The lowest BCUT2D eigenvalue weighted by atomic mass is 10.1. The van der Waals surface area contributed by atoms with Crippen LogP contribution < -0.4 is 10.6 Å². The van der Waals surface area contributed by atoms with Crippen LogP contribution >= 0.6 is 23.4 Å². The van der Waals surface area contributed by atoms with Gasteiger partial charge in [-0.25, -0.2) is 4.79 Å². The van der Waals surface area contributed by atoms with Crippen molar-refractivity contribution in [2.24, 2.45) is 0 Å². The molecule has 2 atom stereocenters. The van der Waals surface area contributed by atoms with Gasteiger partial charge in [0, 0.05) is 23.4 Å². The van der Waals surface area contributed by atoms with Gasteiger partial charge in [0.2, 0.25) is 0 Å². The Morgan fingerprint density at radius 2 is 2.15 bits per heavy atom. The van der Waals surface area contributed by atoms with Crippen molar-refractivity contribution in [1.82, 2.24) is 10.6 Å². The summed E-state index contributed by atoms with van der Waals surface area (Å²) in [6.07, 6.45) is 1.67. The van der Waals surface area contributed by atoms with Gasteiger partial charge in [-0.1, -0.05) is 23.7 Å². The number of aliphatic hydroxyl groups excluding tert-OH is 1. The standard InChI is InChI=1S/C14H19ClN2O2S/c15-11-5-3-10(4-6-11)13(18)9-17-14(19)16-8-12-2-1-7-20-12/h3-6,12-13,18H,1-2,7-9H2,(H2,16,17,19). The first-order valence-corrected chi connectivity index (χ1v) is 8.14. The molecule has 1 aromatic rings. The van der Waals surface area contributed by atoms with E-state index >= 15 is 0 Å². The summed E-state index contributed by atoms with van der Waals surface area (Å²) < 4.78 is 0. The van der Waals surface area contributed by atoms with Crippen LogP contribution in [-0.2, 0) is 0 Å². The summed E-state index contributed by atoms with van der Waals surface area (Å²) in [7, 11) is 0. The molecule has 1 heterocycles. The van der Waals surface area contributed by atoms with Crippen molar-refractivity contribution in [3.05, 3.63) is 34.9 Å². The number of benzene rings is 1. The molecule has 110 valence electrons. The highest BCUT2D eigenvalue weighted by atomic mass is 35.5. The van der Waals surface area contributed by atoms with Gasteiger partial charge in [0.05, 0.1) is 6.10 Å². The van der Waals surface area contributed by atoms with E-state index in [4.69, 9.17) is 11.6 Å². The fourth-order valence-electron chi connectivity index (χ4n) is 2.07. The van der Waals surface area contributed by atoms with E-state index in [2.05, 4.69) is 10.6 Å². The molecule has 0 aliphatic carbocycles. The number of halogens is 1. The fourth-order valence-corrected chi connectivity index (χ4v) is 3.39. The van der Waals surface area contributed by atoms with E-state index < -0.39 is 6.10 Å². The molecule has 2 unspecified atom stereocenters. The molecular formula is C14H19ClN2O2S. The van der Waals surface area contributed by atoms with Gasteiger partial charge in [0.1, 0.15) is 0 Å². The molecular weight excluding hydrogens is 296 g/mol. The average Bonchev–Trinajstić information content (AvgIpc) is 2.96. The van der Waals surface area contributed by atoms with Gasteiger partial charge in [-0.3, -0.25) is 0 Å². The molecule has 2 amide bonds. The molecule has 20 heavy (non-hydrogen) atoms. The maximum absolute atomic E-state index is 11.6. The third kappa shape index (κ3) is 4.89. The van der Waals surface area contributed by atoms with Crippen LogP contribution in [0.1, 0.15) is 24.5 Å². The predicted octanol–water partition coefficient (Wildman–Crippen LogP) is 2.57. The number of urea groups is 1. The van der Waals surface area contributed by atoms with Crippen molar-refractivity contribution in [2.75, 3.05) is 18.8 Å². The van der Waals surface area contributed by atoms with Gasteiger partial charge in [-0.15, -0.1) is 0 Å². The molecule has 1 aliphatic heterocycles. The highest BCUT2D eigenvalue weighted by molar-refractivity contribution is 8.00. The van der Waals surface area contributed by atoms with Gasteiger partial charge in [0.15, 0.2) is 0 Å². The van der Waals surface area contributed by atoms with Crippen LogP contribution in [0.4, 0.5) is 4.79 Å². The van der Waals surface area contributed by atoms with Gasteiger partial charge >= 0.3 is 6.03 Å². The first-order chi connectivity index (χ1) is 9.65. The number of hydrogen-bond acceptors (Lipinski definition) is 3. The number of carbonyl (C=O) groups excluding carboxylic acids is 1. The van der Waals surface area contributed by atoms with Crippen LogP contribution in [0, 0.1) is 0 Å². The second-order valence-corrected chi connectivity index (χ2v) is 6.64. The average molecular weight is 315 g/mol. The molecule has 0 saturated carbocycles. The van der Waals surface area contributed by atoms with Gasteiger partial charge in [0.25, 0.3) is 0 Å². The normalized spacial score (nSPS) is 19.6. The molecule has 1 fully saturated rings. The zero-order valence-electron chi connectivity index (χ0n) is 11.1. The number of carbonyl (C=O) groups is 1. The maximum atomic E-state index is 11.6. The topological polar surface area (TPSA) is 61.4 Å². The highest BCUT2D eigenvalue weighted by Crippen LogP contribution is 2.25. The lowest BCUT2D eigenvalue weighted by Crippen LogP contribution is -2.40.